The highest BCUT2D eigenvalue weighted by Crippen LogP contribution is 2.37. The Morgan fingerprint density at radius 3 is 2.61 bits per heavy atom. The Morgan fingerprint density at radius 1 is 1.15 bits per heavy atom. The number of nitrogens with zero attached hydrogens (tertiary/aromatic N) is 4. The number of para-hydroxylation sites is 1. The second kappa shape index (κ2) is 8.69. The van der Waals surface area contributed by atoms with Crippen LogP contribution >= 0.6 is 0 Å². The van der Waals surface area contributed by atoms with Crippen LogP contribution in [0.3, 0.4) is 0 Å². The molecule has 0 saturated heterocycles. The molecule has 7 N–H and O–H groups in total. The number of aliphatic hydroxyl groups is 1. The fourth-order valence-corrected chi connectivity index (χ4v) is 6.08. The van der Waals surface area contributed by atoms with Gasteiger partial charge in [-0.3, -0.25) is 0 Å². The summed E-state index contributed by atoms with van der Waals surface area (Å²) in [6.45, 7) is -0.670. The number of primary sulfonamides is 1. The molecule has 0 fully saturated rings. The zero-order valence-electron chi connectivity index (χ0n) is 17.0. The van der Waals surface area contributed by atoms with Crippen LogP contribution in [0.5, 0.6) is 0 Å². The van der Waals surface area contributed by atoms with Crippen LogP contribution in [-0.2, 0) is 20.0 Å². The van der Waals surface area contributed by atoms with Gasteiger partial charge in [0.2, 0.25) is 20.0 Å². The number of aliphatic hydroxyl groups excluding tert-OH is 1. The van der Waals surface area contributed by atoms with E-state index in [0.717, 1.165) is 6.07 Å². The van der Waals surface area contributed by atoms with Crippen LogP contribution < -0.4 is 15.6 Å². The average molecular weight is 493 g/mol. The molecule has 0 saturated carbocycles. The molecule has 2 heterocycles. The van der Waals surface area contributed by atoms with Gasteiger partial charge in [0.05, 0.1) is 29.0 Å². The fourth-order valence-electron chi connectivity index (χ4n) is 3.41. The van der Waals surface area contributed by atoms with Crippen LogP contribution in [0, 0.1) is 0 Å². The van der Waals surface area contributed by atoms with Crippen molar-refractivity contribution in [2.75, 3.05) is 19.8 Å². The highest BCUT2D eigenvalue weighted by molar-refractivity contribution is 7.92. The molecule has 1 atom stereocenters. The first-order chi connectivity index (χ1) is 15.6. The van der Waals surface area contributed by atoms with Crippen molar-refractivity contribution in [2.24, 2.45) is 26.1 Å². The van der Waals surface area contributed by atoms with E-state index < -0.39 is 42.5 Å². The van der Waals surface area contributed by atoms with Gasteiger partial charge in [0.25, 0.3) is 0 Å². The average Bonchev–Trinajstić information content (AvgIpc) is 3.47. The topological polar surface area (TPSA) is 218 Å². The van der Waals surface area contributed by atoms with Gasteiger partial charge in [-0.05, 0) is 17.7 Å². The summed E-state index contributed by atoms with van der Waals surface area (Å²) in [6.07, 6.45) is 0.314. The molecule has 0 bridgehead atoms. The van der Waals surface area contributed by atoms with Crippen LogP contribution in [-0.4, -0.2) is 63.6 Å². The summed E-state index contributed by atoms with van der Waals surface area (Å²) in [5.74, 6) is -0.0828. The summed E-state index contributed by atoms with van der Waals surface area (Å²) in [4.78, 5) is 10.0. The SMILES string of the molecule is NC[C@H](O)CNS(=O)(=O)c1ccc(-c2cccc3[nH]cnc23)c(C2=NCN=N2)c1S(N)(=O)=O. The molecule has 0 radical (unpaired) electrons. The summed E-state index contributed by atoms with van der Waals surface area (Å²) < 4.78 is 53.6. The van der Waals surface area contributed by atoms with Crippen LogP contribution in [0.4, 0.5) is 0 Å². The predicted molar refractivity (Wildman–Crippen MR) is 119 cm³/mol. The lowest BCUT2D eigenvalue weighted by molar-refractivity contribution is 0.186. The third-order valence-corrected chi connectivity index (χ3v) is 7.48. The van der Waals surface area contributed by atoms with E-state index in [1.807, 2.05) is 0 Å². The maximum atomic E-state index is 13.0. The highest BCUT2D eigenvalue weighted by Gasteiger charge is 2.33. The normalized spacial score (nSPS) is 15.2. The molecule has 0 unspecified atom stereocenters. The third kappa shape index (κ3) is 4.41. The first-order valence-electron chi connectivity index (χ1n) is 9.56. The Kier molecular flexibility index (Phi) is 6.08. The van der Waals surface area contributed by atoms with Crippen molar-refractivity contribution in [2.45, 2.75) is 15.9 Å². The number of aromatic nitrogens is 2. The maximum absolute atomic E-state index is 13.0. The molecule has 13 nitrogen and oxygen atoms in total. The second-order valence-corrected chi connectivity index (χ2v) is 10.3. The maximum Gasteiger partial charge on any atom is 0.242 e. The summed E-state index contributed by atoms with van der Waals surface area (Å²) in [6, 6.07) is 7.76. The number of nitrogens with one attached hydrogen (secondary N) is 2. The minimum atomic E-state index is -4.62. The van der Waals surface area contributed by atoms with E-state index >= 15 is 0 Å². The number of rotatable bonds is 8. The second-order valence-electron chi connectivity index (χ2n) is 7.07. The van der Waals surface area contributed by atoms with Gasteiger partial charge in [0, 0.05) is 18.7 Å². The molecule has 1 aromatic heterocycles. The first kappa shape index (κ1) is 23.1. The van der Waals surface area contributed by atoms with Crippen molar-refractivity contribution in [3.63, 3.8) is 0 Å². The number of H-pyrrole nitrogens is 1. The predicted octanol–water partition coefficient (Wildman–Crippen LogP) is -0.355. The Hall–Kier alpha value is -3.08. The van der Waals surface area contributed by atoms with Gasteiger partial charge in [-0.15, -0.1) is 5.11 Å². The van der Waals surface area contributed by atoms with E-state index in [1.54, 1.807) is 18.2 Å². The van der Waals surface area contributed by atoms with E-state index in [4.69, 9.17) is 10.9 Å². The number of imidazole rings is 1. The Morgan fingerprint density at radius 2 is 1.94 bits per heavy atom. The Balaban J connectivity index is 2.04. The number of azo groups is 1. The number of benzene rings is 2. The van der Waals surface area contributed by atoms with Crippen molar-refractivity contribution >= 4 is 36.9 Å². The van der Waals surface area contributed by atoms with Crippen molar-refractivity contribution in [3.05, 3.63) is 42.2 Å². The molecule has 2 aromatic carbocycles. The monoisotopic (exact) mass is 492 g/mol. The standard InChI is InChI=1S/C18H20N8O5S2/c19-6-10(27)7-25-33(30,31)14-5-4-11(12-2-1-3-13-16(12)22-8-21-13)15(17(14)32(20,28)29)18-23-9-24-26-18/h1-5,8,10,25,27H,6-7,9,19H2,(H,21,22)(H2,20,28,29)/t10-/m0/s1. The van der Waals surface area contributed by atoms with Crippen LogP contribution in [0.2, 0.25) is 0 Å². The van der Waals surface area contributed by atoms with Gasteiger partial charge < -0.3 is 15.8 Å². The molecule has 1 aliphatic heterocycles. The molecule has 33 heavy (non-hydrogen) atoms. The van der Waals surface area contributed by atoms with Crippen molar-refractivity contribution in [1.29, 1.82) is 0 Å². The fraction of sp³-hybridized carbons (Fsp3) is 0.222. The Labute approximate surface area is 188 Å². The zero-order valence-corrected chi connectivity index (χ0v) is 18.6. The molecular weight excluding hydrogens is 472 g/mol. The van der Waals surface area contributed by atoms with E-state index in [-0.39, 0.29) is 24.6 Å². The molecule has 3 aromatic rings. The molecule has 0 spiro atoms. The van der Waals surface area contributed by atoms with Crippen LogP contribution in [0.25, 0.3) is 22.2 Å². The smallest absolute Gasteiger partial charge is 0.242 e. The van der Waals surface area contributed by atoms with Gasteiger partial charge >= 0.3 is 0 Å². The van der Waals surface area contributed by atoms with E-state index in [9.17, 15) is 21.9 Å². The lowest BCUT2D eigenvalue weighted by atomic mass is 9.97. The number of aliphatic imine (C=N–C) groups is 1. The minimum Gasteiger partial charge on any atom is -0.390 e. The largest absolute Gasteiger partial charge is 0.390 e. The molecule has 174 valence electrons. The highest BCUT2D eigenvalue weighted by atomic mass is 32.2. The van der Waals surface area contributed by atoms with E-state index in [1.165, 1.54) is 12.4 Å². The van der Waals surface area contributed by atoms with Crippen molar-refractivity contribution < 1.29 is 21.9 Å². The zero-order chi connectivity index (χ0) is 23.8. The lowest BCUT2D eigenvalue weighted by Gasteiger charge is -2.18. The molecular formula is C18H20N8O5S2. The third-order valence-electron chi connectivity index (χ3n) is 4.89. The van der Waals surface area contributed by atoms with E-state index in [2.05, 4.69) is 29.9 Å². The number of aromatic amines is 1. The lowest BCUT2D eigenvalue weighted by Crippen LogP contribution is -2.37. The number of amidine groups is 1. The van der Waals surface area contributed by atoms with Gasteiger partial charge in [-0.1, -0.05) is 18.2 Å². The number of hydrogen-bond donors (Lipinski definition) is 5. The molecule has 0 aliphatic carbocycles. The Bertz CT molecular complexity index is 1500. The molecule has 1 aliphatic rings. The summed E-state index contributed by atoms with van der Waals surface area (Å²) >= 11 is 0. The first-order valence-corrected chi connectivity index (χ1v) is 12.6. The van der Waals surface area contributed by atoms with Gasteiger partial charge in [-0.25, -0.2) is 36.7 Å². The number of nitrogens with two attached hydrogens (primary N) is 2. The molecule has 4 rings (SSSR count). The summed E-state index contributed by atoms with van der Waals surface area (Å²) in [7, 11) is -9.05. The molecule has 0 amide bonds. The number of fused-ring (bicyclic) bond motifs is 1. The minimum absolute atomic E-state index is 0.0522. The number of sulfonamides is 2. The summed E-state index contributed by atoms with van der Waals surface area (Å²) in [5, 5.41) is 22.8. The van der Waals surface area contributed by atoms with Gasteiger partial charge in [-0.2, -0.15) is 5.11 Å². The van der Waals surface area contributed by atoms with Crippen molar-refractivity contribution in [3.8, 4) is 11.1 Å². The van der Waals surface area contributed by atoms with Crippen LogP contribution in [0.1, 0.15) is 5.56 Å². The number of hydrogen-bond acceptors (Lipinski definition) is 10. The molecule has 15 heteroatoms. The van der Waals surface area contributed by atoms with Crippen molar-refractivity contribution in [1.82, 2.24) is 14.7 Å². The van der Waals surface area contributed by atoms with Gasteiger partial charge in [0.1, 0.15) is 9.79 Å². The van der Waals surface area contributed by atoms with Crippen LogP contribution in [0.15, 0.2) is 61.7 Å². The van der Waals surface area contributed by atoms with Gasteiger partial charge in [0.15, 0.2) is 12.5 Å². The van der Waals surface area contributed by atoms with E-state index in [0.29, 0.717) is 22.2 Å². The quantitative estimate of drug-likeness (QED) is 0.281. The summed E-state index contributed by atoms with van der Waals surface area (Å²) in [5.41, 5.74) is 7.22.